The summed E-state index contributed by atoms with van der Waals surface area (Å²) in [6.45, 7) is 0. The fourth-order valence-corrected chi connectivity index (χ4v) is 5.36. The van der Waals surface area contributed by atoms with Gasteiger partial charge in [-0.05, 0) is 37.3 Å². The molecule has 1 aromatic carbocycles. The zero-order valence-electron chi connectivity index (χ0n) is 11.0. The number of halogens is 3. The summed E-state index contributed by atoms with van der Waals surface area (Å²) in [5.74, 6) is 0. The van der Waals surface area contributed by atoms with Gasteiger partial charge in [-0.15, -0.1) is 0 Å². The molecule has 2 aliphatic heterocycles. The van der Waals surface area contributed by atoms with Crippen molar-refractivity contribution in [3.05, 3.63) is 35.4 Å². The van der Waals surface area contributed by atoms with Crippen LogP contribution in [-0.2, 0) is 12.6 Å². The van der Waals surface area contributed by atoms with Crippen molar-refractivity contribution in [2.75, 3.05) is 0 Å². The second-order valence-corrected chi connectivity index (χ2v) is 7.53. The average Bonchev–Trinajstić information content (AvgIpc) is 2.68. The third-order valence-corrected chi connectivity index (χ3v) is 5.83. The summed E-state index contributed by atoms with van der Waals surface area (Å²) in [6.07, 6.45) is -0.858. The molecule has 1 N–H and O–H groups in total. The lowest BCUT2D eigenvalue weighted by Gasteiger charge is -2.36. The SMILES string of the molecule is OC1(Cc2ccccc2C(F)(F)F)CC2CCC(C1)S2. The Morgan fingerprint density at radius 2 is 1.75 bits per heavy atom. The lowest BCUT2D eigenvalue weighted by atomic mass is 9.85. The van der Waals surface area contributed by atoms with Gasteiger partial charge in [-0.25, -0.2) is 0 Å². The zero-order chi connectivity index (χ0) is 14.4. The van der Waals surface area contributed by atoms with Gasteiger partial charge < -0.3 is 5.11 Å². The number of benzene rings is 1. The van der Waals surface area contributed by atoms with Crippen LogP contribution in [0.1, 0.15) is 36.8 Å². The van der Waals surface area contributed by atoms with E-state index in [0.717, 1.165) is 18.9 Å². The Morgan fingerprint density at radius 3 is 2.35 bits per heavy atom. The van der Waals surface area contributed by atoms with Crippen LogP contribution in [-0.4, -0.2) is 21.2 Å². The molecule has 2 heterocycles. The Bertz CT molecular complexity index is 488. The Balaban J connectivity index is 1.84. The first kappa shape index (κ1) is 14.3. The molecule has 3 rings (SSSR count). The summed E-state index contributed by atoms with van der Waals surface area (Å²) in [6, 6.07) is 5.60. The van der Waals surface area contributed by atoms with E-state index in [4.69, 9.17) is 0 Å². The molecule has 0 amide bonds. The summed E-state index contributed by atoms with van der Waals surface area (Å²) in [5.41, 5.74) is -1.37. The molecular weight excluding hydrogens is 285 g/mol. The normalized spacial score (nSPS) is 33.4. The Labute approximate surface area is 120 Å². The standard InChI is InChI=1S/C15H17F3OS/c16-15(17,18)13-4-2-1-3-10(13)7-14(19)8-11-5-6-12(9-14)20-11/h1-4,11-12,19H,5-9H2. The van der Waals surface area contributed by atoms with E-state index < -0.39 is 17.3 Å². The lowest BCUT2D eigenvalue weighted by Crippen LogP contribution is -2.39. The molecule has 5 heteroatoms. The minimum Gasteiger partial charge on any atom is -0.389 e. The molecule has 2 bridgehead atoms. The molecule has 2 aliphatic rings. The minimum atomic E-state index is -4.35. The van der Waals surface area contributed by atoms with Gasteiger partial charge in [0, 0.05) is 16.9 Å². The van der Waals surface area contributed by atoms with Crippen LogP contribution in [0, 0.1) is 0 Å². The van der Waals surface area contributed by atoms with Crippen LogP contribution in [0.5, 0.6) is 0 Å². The Hall–Kier alpha value is -0.680. The van der Waals surface area contributed by atoms with Crippen molar-refractivity contribution >= 4 is 11.8 Å². The van der Waals surface area contributed by atoms with Crippen LogP contribution in [0.25, 0.3) is 0 Å². The second-order valence-electron chi connectivity index (χ2n) is 5.92. The van der Waals surface area contributed by atoms with Gasteiger partial charge in [0.05, 0.1) is 11.2 Å². The fraction of sp³-hybridized carbons (Fsp3) is 0.600. The summed E-state index contributed by atoms with van der Waals surface area (Å²) in [4.78, 5) is 0. The van der Waals surface area contributed by atoms with Gasteiger partial charge in [-0.3, -0.25) is 0 Å². The maximum Gasteiger partial charge on any atom is 0.416 e. The highest BCUT2D eigenvalue weighted by atomic mass is 32.2. The van der Waals surface area contributed by atoms with E-state index in [1.807, 2.05) is 11.8 Å². The zero-order valence-corrected chi connectivity index (χ0v) is 11.8. The van der Waals surface area contributed by atoms with Crippen molar-refractivity contribution in [3.8, 4) is 0 Å². The predicted octanol–water partition coefficient (Wildman–Crippen LogP) is 4.04. The first-order chi connectivity index (χ1) is 9.36. The Kier molecular flexibility index (Phi) is 3.53. The van der Waals surface area contributed by atoms with Crippen LogP contribution in [0.15, 0.2) is 24.3 Å². The first-order valence-corrected chi connectivity index (χ1v) is 7.83. The number of thioether (sulfide) groups is 1. The van der Waals surface area contributed by atoms with Crippen molar-refractivity contribution in [1.29, 1.82) is 0 Å². The van der Waals surface area contributed by atoms with Gasteiger partial charge in [-0.2, -0.15) is 24.9 Å². The van der Waals surface area contributed by atoms with Gasteiger partial charge >= 0.3 is 6.18 Å². The van der Waals surface area contributed by atoms with Crippen molar-refractivity contribution in [3.63, 3.8) is 0 Å². The minimum absolute atomic E-state index is 0.107. The predicted molar refractivity (Wildman–Crippen MR) is 73.7 cm³/mol. The largest absolute Gasteiger partial charge is 0.416 e. The summed E-state index contributed by atoms with van der Waals surface area (Å²) in [5, 5.41) is 11.5. The molecule has 0 aliphatic carbocycles. The van der Waals surface area contributed by atoms with E-state index in [1.54, 1.807) is 6.07 Å². The van der Waals surface area contributed by atoms with E-state index in [0.29, 0.717) is 23.3 Å². The molecule has 2 fully saturated rings. The number of hydrogen-bond acceptors (Lipinski definition) is 2. The van der Waals surface area contributed by atoms with Gasteiger partial charge in [0.25, 0.3) is 0 Å². The molecule has 1 nitrogen and oxygen atoms in total. The second kappa shape index (κ2) is 4.95. The van der Waals surface area contributed by atoms with E-state index >= 15 is 0 Å². The summed E-state index contributed by atoms with van der Waals surface area (Å²) in [7, 11) is 0. The van der Waals surface area contributed by atoms with E-state index in [2.05, 4.69) is 0 Å². The van der Waals surface area contributed by atoms with Crippen LogP contribution in [0.3, 0.4) is 0 Å². The maximum absolute atomic E-state index is 13.0. The Morgan fingerprint density at radius 1 is 1.15 bits per heavy atom. The molecule has 2 unspecified atom stereocenters. The average molecular weight is 302 g/mol. The van der Waals surface area contributed by atoms with E-state index in [9.17, 15) is 18.3 Å². The summed E-state index contributed by atoms with van der Waals surface area (Å²) >= 11 is 1.89. The van der Waals surface area contributed by atoms with Gasteiger partial charge in [0.15, 0.2) is 0 Å². The molecule has 0 saturated carbocycles. The third kappa shape index (κ3) is 2.84. The molecule has 0 aromatic heterocycles. The molecule has 2 atom stereocenters. The van der Waals surface area contributed by atoms with Crippen LogP contribution >= 0.6 is 11.8 Å². The maximum atomic E-state index is 13.0. The molecule has 110 valence electrons. The fourth-order valence-electron chi connectivity index (χ4n) is 3.46. The van der Waals surface area contributed by atoms with Crippen LogP contribution in [0.4, 0.5) is 13.2 Å². The van der Waals surface area contributed by atoms with Crippen molar-refractivity contribution < 1.29 is 18.3 Å². The molecule has 2 saturated heterocycles. The monoisotopic (exact) mass is 302 g/mol. The molecule has 0 spiro atoms. The highest BCUT2D eigenvalue weighted by molar-refractivity contribution is 8.00. The third-order valence-electron chi connectivity index (χ3n) is 4.25. The van der Waals surface area contributed by atoms with Crippen molar-refractivity contribution in [2.45, 2.75) is 54.4 Å². The van der Waals surface area contributed by atoms with Crippen molar-refractivity contribution in [2.24, 2.45) is 0 Å². The van der Waals surface area contributed by atoms with E-state index in [1.165, 1.54) is 12.1 Å². The first-order valence-electron chi connectivity index (χ1n) is 6.89. The highest BCUT2D eigenvalue weighted by Gasteiger charge is 2.44. The van der Waals surface area contributed by atoms with Gasteiger partial charge in [0.2, 0.25) is 0 Å². The molecule has 20 heavy (non-hydrogen) atoms. The van der Waals surface area contributed by atoms with Crippen LogP contribution in [0.2, 0.25) is 0 Å². The van der Waals surface area contributed by atoms with E-state index in [-0.39, 0.29) is 12.0 Å². The summed E-state index contributed by atoms with van der Waals surface area (Å²) < 4.78 is 39.0. The topological polar surface area (TPSA) is 20.2 Å². The molecule has 1 aromatic rings. The lowest BCUT2D eigenvalue weighted by molar-refractivity contribution is -0.138. The smallest absolute Gasteiger partial charge is 0.389 e. The molecular formula is C15H17F3OS. The number of alkyl halides is 3. The number of hydrogen-bond donors (Lipinski definition) is 1. The number of aliphatic hydroxyl groups is 1. The quantitative estimate of drug-likeness (QED) is 0.890. The van der Waals surface area contributed by atoms with Gasteiger partial charge in [-0.1, -0.05) is 18.2 Å². The number of rotatable bonds is 2. The number of fused-ring (bicyclic) bond motifs is 2. The van der Waals surface area contributed by atoms with Crippen molar-refractivity contribution in [1.82, 2.24) is 0 Å². The molecule has 0 radical (unpaired) electrons. The van der Waals surface area contributed by atoms with Crippen LogP contribution < -0.4 is 0 Å². The highest BCUT2D eigenvalue weighted by Crippen LogP contribution is 2.49. The van der Waals surface area contributed by atoms with Gasteiger partial charge in [0.1, 0.15) is 0 Å².